The summed E-state index contributed by atoms with van der Waals surface area (Å²) in [7, 11) is 1.31. The van der Waals surface area contributed by atoms with Gasteiger partial charge in [-0.25, -0.2) is 14.2 Å². The van der Waals surface area contributed by atoms with Crippen molar-refractivity contribution in [2.24, 2.45) is 5.92 Å². The molecular weight excluding hydrogens is 429 g/mol. The summed E-state index contributed by atoms with van der Waals surface area (Å²) in [4.78, 5) is 41.7. The van der Waals surface area contributed by atoms with Crippen LogP contribution in [-0.4, -0.2) is 34.3 Å². The van der Waals surface area contributed by atoms with E-state index >= 15 is 0 Å². The van der Waals surface area contributed by atoms with E-state index in [0.717, 1.165) is 6.07 Å². The zero-order chi connectivity index (χ0) is 23.1. The lowest BCUT2D eigenvalue weighted by atomic mass is 9.80. The maximum absolute atomic E-state index is 14.5. The largest absolute Gasteiger partial charge is 0.469 e. The van der Waals surface area contributed by atoms with Gasteiger partial charge in [0, 0.05) is 6.04 Å². The SMILES string of the molecule is COC(=O)C1CC(n2c([C@H](C)NC(=O)OC(C)(C)C)nc3c(F)ccc(Cl)c3c2=O)C1. The number of methoxy groups -OCH3 is 1. The Hall–Kier alpha value is -2.68. The molecule has 1 amide bonds. The molecule has 0 unspecified atom stereocenters. The molecule has 0 saturated heterocycles. The molecule has 2 aromatic rings. The first-order valence-electron chi connectivity index (χ1n) is 9.90. The highest BCUT2D eigenvalue weighted by atomic mass is 35.5. The van der Waals surface area contributed by atoms with Gasteiger partial charge >= 0.3 is 12.1 Å². The van der Waals surface area contributed by atoms with Crippen LogP contribution < -0.4 is 10.9 Å². The topological polar surface area (TPSA) is 99.5 Å². The van der Waals surface area contributed by atoms with Crippen molar-refractivity contribution in [2.45, 2.75) is 58.2 Å². The van der Waals surface area contributed by atoms with Crippen molar-refractivity contribution >= 4 is 34.6 Å². The number of ether oxygens (including phenoxy) is 2. The van der Waals surface area contributed by atoms with Crippen LogP contribution in [-0.2, 0) is 14.3 Å². The maximum atomic E-state index is 14.5. The molecule has 10 heteroatoms. The Bertz CT molecular complexity index is 1090. The Morgan fingerprint density at radius 3 is 2.55 bits per heavy atom. The zero-order valence-corrected chi connectivity index (χ0v) is 18.7. The van der Waals surface area contributed by atoms with E-state index < -0.39 is 29.1 Å². The molecule has 1 saturated carbocycles. The number of nitrogens with one attached hydrogen (secondary N) is 1. The molecule has 0 bridgehead atoms. The van der Waals surface area contributed by atoms with Crippen molar-refractivity contribution in [3.05, 3.63) is 39.2 Å². The molecule has 168 valence electrons. The van der Waals surface area contributed by atoms with Crippen LogP contribution in [0.4, 0.5) is 9.18 Å². The maximum Gasteiger partial charge on any atom is 0.408 e. The van der Waals surface area contributed by atoms with Crippen LogP contribution in [0, 0.1) is 11.7 Å². The van der Waals surface area contributed by atoms with Gasteiger partial charge in [0.25, 0.3) is 5.56 Å². The van der Waals surface area contributed by atoms with Gasteiger partial charge in [-0.2, -0.15) is 0 Å². The number of carbonyl (C=O) groups excluding carboxylic acids is 2. The van der Waals surface area contributed by atoms with Crippen molar-refractivity contribution in [3.8, 4) is 0 Å². The van der Waals surface area contributed by atoms with E-state index in [0.29, 0.717) is 12.8 Å². The minimum atomic E-state index is -0.775. The van der Waals surface area contributed by atoms with Gasteiger partial charge in [0.15, 0.2) is 0 Å². The lowest BCUT2D eigenvalue weighted by Crippen LogP contribution is -2.42. The molecule has 0 aliphatic heterocycles. The average molecular weight is 454 g/mol. The van der Waals surface area contributed by atoms with Crippen molar-refractivity contribution in [3.63, 3.8) is 0 Å². The molecule has 3 rings (SSSR count). The van der Waals surface area contributed by atoms with E-state index in [1.54, 1.807) is 27.7 Å². The summed E-state index contributed by atoms with van der Waals surface area (Å²) < 4.78 is 25.9. The second-order valence-electron chi connectivity index (χ2n) is 8.61. The number of aromatic nitrogens is 2. The Labute approximate surface area is 183 Å². The van der Waals surface area contributed by atoms with Crippen LogP contribution in [0.15, 0.2) is 16.9 Å². The van der Waals surface area contributed by atoms with Gasteiger partial charge in [0.1, 0.15) is 22.8 Å². The third kappa shape index (κ3) is 4.66. The summed E-state index contributed by atoms with van der Waals surface area (Å²) in [5.41, 5.74) is -1.43. The number of alkyl carbamates (subject to hydrolysis) is 1. The highest BCUT2D eigenvalue weighted by Crippen LogP contribution is 2.39. The highest BCUT2D eigenvalue weighted by Gasteiger charge is 2.39. The van der Waals surface area contributed by atoms with Crippen LogP contribution in [0.5, 0.6) is 0 Å². The van der Waals surface area contributed by atoms with Gasteiger partial charge in [0.2, 0.25) is 0 Å². The number of carbonyl (C=O) groups is 2. The molecule has 1 aliphatic rings. The molecule has 31 heavy (non-hydrogen) atoms. The van der Waals surface area contributed by atoms with Gasteiger partial charge in [-0.05, 0) is 52.7 Å². The second kappa shape index (κ2) is 8.45. The first kappa shape index (κ1) is 23.0. The molecule has 1 aliphatic carbocycles. The number of hydrogen-bond donors (Lipinski definition) is 1. The molecule has 1 aromatic carbocycles. The number of hydrogen-bond acceptors (Lipinski definition) is 6. The van der Waals surface area contributed by atoms with Crippen LogP contribution in [0.1, 0.15) is 58.4 Å². The molecule has 1 atom stereocenters. The summed E-state index contributed by atoms with van der Waals surface area (Å²) in [5, 5.41) is 2.67. The summed E-state index contributed by atoms with van der Waals surface area (Å²) in [6, 6.07) is 1.29. The van der Waals surface area contributed by atoms with Gasteiger partial charge in [0.05, 0.1) is 29.5 Å². The van der Waals surface area contributed by atoms with Gasteiger partial charge in [-0.3, -0.25) is 14.2 Å². The van der Waals surface area contributed by atoms with Crippen LogP contribution >= 0.6 is 11.6 Å². The summed E-state index contributed by atoms with van der Waals surface area (Å²) in [5.74, 6) is -1.25. The van der Waals surface area contributed by atoms with Crippen LogP contribution in [0.25, 0.3) is 10.9 Å². The van der Waals surface area contributed by atoms with Gasteiger partial charge in [-0.15, -0.1) is 0 Å². The van der Waals surface area contributed by atoms with E-state index in [4.69, 9.17) is 21.1 Å². The molecule has 8 nitrogen and oxygen atoms in total. The third-order valence-electron chi connectivity index (χ3n) is 5.12. The van der Waals surface area contributed by atoms with Crippen LogP contribution in [0.2, 0.25) is 5.02 Å². The zero-order valence-electron chi connectivity index (χ0n) is 18.0. The van der Waals surface area contributed by atoms with Gasteiger partial charge in [-0.1, -0.05) is 11.6 Å². The van der Waals surface area contributed by atoms with E-state index in [9.17, 15) is 18.8 Å². The monoisotopic (exact) mass is 453 g/mol. The Morgan fingerprint density at radius 2 is 1.97 bits per heavy atom. The van der Waals surface area contributed by atoms with Crippen molar-refractivity contribution in [1.29, 1.82) is 0 Å². The Balaban J connectivity index is 2.06. The van der Waals surface area contributed by atoms with E-state index in [-0.39, 0.29) is 39.7 Å². The number of halogens is 2. The highest BCUT2D eigenvalue weighted by molar-refractivity contribution is 6.35. The fraction of sp³-hybridized carbons (Fsp3) is 0.524. The average Bonchev–Trinajstić information content (AvgIpc) is 2.62. The second-order valence-corrected chi connectivity index (χ2v) is 9.02. The standard InChI is InChI=1S/C21H25ClFN3O5/c1-10(24-20(29)31-21(2,3)4)17-25-16-14(23)7-6-13(22)15(16)18(27)26(17)12-8-11(9-12)19(28)30-5/h6-7,10-12H,8-9H2,1-5H3,(H,24,29)/t10-,11?,12?/m0/s1. The quantitative estimate of drug-likeness (QED) is 0.705. The molecule has 1 aromatic heterocycles. The van der Waals surface area contributed by atoms with Crippen molar-refractivity contribution in [2.75, 3.05) is 7.11 Å². The normalized spacial score (nSPS) is 19.5. The van der Waals surface area contributed by atoms with E-state index in [2.05, 4.69) is 10.3 Å². The number of fused-ring (bicyclic) bond motifs is 1. The predicted octanol–water partition coefficient (Wildman–Crippen LogP) is 3.90. The summed E-state index contributed by atoms with van der Waals surface area (Å²) >= 11 is 6.18. The summed E-state index contributed by atoms with van der Waals surface area (Å²) in [6.07, 6.45) is 0.0195. The molecule has 0 radical (unpaired) electrons. The fourth-order valence-corrected chi connectivity index (χ4v) is 3.85. The van der Waals surface area contributed by atoms with Crippen molar-refractivity contribution in [1.82, 2.24) is 14.9 Å². The molecule has 1 fully saturated rings. The molecule has 1 heterocycles. The molecular formula is C21H25ClFN3O5. The van der Waals surface area contributed by atoms with E-state index in [1.165, 1.54) is 17.7 Å². The van der Waals surface area contributed by atoms with E-state index in [1.807, 2.05) is 0 Å². The lowest BCUT2D eigenvalue weighted by molar-refractivity contribution is -0.149. The first-order valence-corrected chi connectivity index (χ1v) is 10.3. The van der Waals surface area contributed by atoms with Crippen LogP contribution in [0.3, 0.4) is 0 Å². The minimum Gasteiger partial charge on any atom is -0.469 e. The minimum absolute atomic E-state index is 0.0450. The smallest absolute Gasteiger partial charge is 0.408 e. The number of nitrogens with zero attached hydrogens (tertiary/aromatic N) is 2. The number of esters is 1. The van der Waals surface area contributed by atoms with Crippen molar-refractivity contribution < 1.29 is 23.5 Å². The predicted molar refractivity (Wildman–Crippen MR) is 113 cm³/mol. The fourth-order valence-electron chi connectivity index (χ4n) is 3.61. The lowest BCUT2D eigenvalue weighted by Gasteiger charge is -2.36. The Kier molecular flexibility index (Phi) is 6.27. The third-order valence-corrected chi connectivity index (χ3v) is 5.43. The first-order chi connectivity index (χ1) is 14.4. The summed E-state index contributed by atoms with van der Waals surface area (Å²) in [6.45, 7) is 6.79. The Morgan fingerprint density at radius 1 is 1.32 bits per heavy atom. The number of rotatable bonds is 4. The molecule has 1 N–H and O–H groups in total. The number of benzene rings is 1. The molecule has 0 spiro atoms. The number of amides is 1. The van der Waals surface area contributed by atoms with Gasteiger partial charge < -0.3 is 14.8 Å².